The second-order valence-corrected chi connectivity index (χ2v) is 25.6. The highest BCUT2D eigenvalue weighted by atomic mass is 28.5. The first kappa shape index (κ1) is 28.0. The van der Waals surface area contributed by atoms with Crippen molar-refractivity contribution in [3.63, 3.8) is 0 Å². The van der Waals surface area contributed by atoms with Crippen LogP contribution in [-0.2, 0) is 21.6 Å². The maximum atomic E-state index is 12.5. The van der Waals surface area contributed by atoms with Crippen molar-refractivity contribution in [1.29, 1.82) is 0 Å². The SMILES string of the molecule is C=C(C)C(=O)O[Si](CC(C)C)(CC(C)C)O[Si](C)(C)O[Si](C)(C)O[Si](C)(C)C. The van der Waals surface area contributed by atoms with E-state index in [1.54, 1.807) is 6.92 Å². The van der Waals surface area contributed by atoms with Gasteiger partial charge in [-0.1, -0.05) is 34.3 Å². The van der Waals surface area contributed by atoms with Crippen LogP contribution in [0.5, 0.6) is 0 Å². The van der Waals surface area contributed by atoms with Crippen LogP contribution in [0.15, 0.2) is 12.2 Å². The lowest BCUT2D eigenvalue weighted by Crippen LogP contribution is -2.59. The number of carbonyl (C=O) groups is 1. The van der Waals surface area contributed by atoms with Crippen molar-refractivity contribution in [2.24, 2.45) is 11.8 Å². The lowest BCUT2D eigenvalue weighted by Gasteiger charge is -2.42. The van der Waals surface area contributed by atoms with Crippen LogP contribution in [0.1, 0.15) is 34.6 Å². The third-order valence-electron chi connectivity index (χ3n) is 3.54. The maximum absolute atomic E-state index is 12.5. The summed E-state index contributed by atoms with van der Waals surface area (Å²) >= 11 is 0. The Labute approximate surface area is 178 Å². The smallest absolute Gasteiger partial charge is 0.393 e. The van der Waals surface area contributed by atoms with Crippen LogP contribution in [0.4, 0.5) is 0 Å². The molecule has 0 atom stereocenters. The van der Waals surface area contributed by atoms with Crippen LogP contribution in [0.2, 0.25) is 57.9 Å². The first-order chi connectivity index (χ1) is 12.3. The molecule has 0 aromatic carbocycles. The maximum Gasteiger partial charge on any atom is 0.393 e. The van der Waals surface area contributed by atoms with E-state index >= 15 is 0 Å². The molecule has 9 heteroatoms. The molecule has 28 heavy (non-hydrogen) atoms. The zero-order valence-electron chi connectivity index (χ0n) is 20.3. The third kappa shape index (κ3) is 11.8. The second-order valence-electron chi connectivity index (χ2n) is 10.5. The summed E-state index contributed by atoms with van der Waals surface area (Å²) in [5.74, 6) is 0.362. The molecule has 0 aliphatic heterocycles. The van der Waals surface area contributed by atoms with Crippen LogP contribution in [0.25, 0.3) is 0 Å². The van der Waals surface area contributed by atoms with Crippen molar-refractivity contribution in [1.82, 2.24) is 0 Å². The average Bonchev–Trinajstić information content (AvgIpc) is 2.29. The van der Waals surface area contributed by atoms with Crippen LogP contribution in [0, 0.1) is 11.8 Å². The van der Waals surface area contributed by atoms with Crippen LogP contribution in [0.3, 0.4) is 0 Å². The Morgan fingerprint density at radius 2 is 1.18 bits per heavy atom. The normalized spacial score (nSPS) is 13.9. The van der Waals surface area contributed by atoms with Crippen LogP contribution >= 0.6 is 0 Å². The van der Waals surface area contributed by atoms with Crippen molar-refractivity contribution < 1.29 is 21.6 Å². The summed E-state index contributed by atoms with van der Waals surface area (Å²) in [6, 6.07) is 1.50. The molecule has 5 nitrogen and oxygen atoms in total. The molecule has 0 aromatic rings. The van der Waals surface area contributed by atoms with E-state index in [2.05, 4.69) is 67.0 Å². The largest absolute Gasteiger partial charge is 0.491 e. The Balaban J connectivity index is 5.79. The quantitative estimate of drug-likeness (QED) is 0.256. The van der Waals surface area contributed by atoms with Gasteiger partial charge in [0.1, 0.15) is 0 Å². The van der Waals surface area contributed by atoms with Crippen molar-refractivity contribution in [3.05, 3.63) is 12.2 Å². The number of rotatable bonds is 12. The minimum Gasteiger partial charge on any atom is -0.491 e. The molecule has 0 bridgehead atoms. The first-order valence-electron chi connectivity index (χ1n) is 10.3. The molecule has 0 saturated heterocycles. The highest BCUT2D eigenvalue weighted by molar-refractivity contribution is 6.88. The molecule has 0 aliphatic carbocycles. The van der Waals surface area contributed by atoms with E-state index in [9.17, 15) is 4.79 Å². The summed E-state index contributed by atoms with van der Waals surface area (Å²) in [5, 5.41) is 0. The van der Waals surface area contributed by atoms with Gasteiger partial charge in [-0.3, -0.25) is 0 Å². The van der Waals surface area contributed by atoms with Gasteiger partial charge >= 0.3 is 31.7 Å². The predicted octanol–water partition coefficient (Wildman–Crippen LogP) is 6.15. The van der Waals surface area contributed by atoms with Crippen LogP contribution in [-0.4, -0.2) is 40.0 Å². The van der Waals surface area contributed by atoms with Crippen molar-refractivity contribution in [2.75, 3.05) is 0 Å². The van der Waals surface area contributed by atoms with E-state index in [0.29, 0.717) is 17.4 Å². The molecular weight excluding hydrogens is 421 g/mol. The Kier molecular flexibility index (Phi) is 10.3. The topological polar surface area (TPSA) is 54.0 Å². The molecule has 0 N–H and O–H groups in total. The first-order valence-corrected chi connectivity index (χ1v) is 21.5. The van der Waals surface area contributed by atoms with Gasteiger partial charge in [-0.25, -0.2) is 4.79 Å². The molecule has 0 radical (unpaired) electrons. The summed E-state index contributed by atoms with van der Waals surface area (Å²) in [7, 11) is -9.51. The average molecular weight is 465 g/mol. The molecule has 0 unspecified atom stereocenters. The molecule has 166 valence electrons. The molecule has 0 aromatic heterocycles. The third-order valence-corrected chi connectivity index (χ3v) is 18.8. The monoisotopic (exact) mass is 464 g/mol. The molecule has 0 fully saturated rings. The molecular formula is C19H44O5Si4. The van der Waals surface area contributed by atoms with Crippen molar-refractivity contribution in [3.8, 4) is 0 Å². The Bertz CT molecular complexity index is 529. The summed E-state index contributed by atoms with van der Waals surface area (Å²) in [5.41, 5.74) is 0.408. The lowest BCUT2D eigenvalue weighted by molar-refractivity contribution is -0.132. The summed E-state index contributed by atoms with van der Waals surface area (Å²) in [6.07, 6.45) is 0. The molecule has 0 spiro atoms. The van der Waals surface area contributed by atoms with E-state index in [4.69, 9.17) is 16.8 Å². The molecule has 0 saturated carbocycles. The fourth-order valence-corrected chi connectivity index (χ4v) is 23.1. The molecule has 0 heterocycles. The lowest BCUT2D eigenvalue weighted by atomic mass is 10.3. The van der Waals surface area contributed by atoms with Gasteiger partial charge in [-0.15, -0.1) is 0 Å². The van der Waals surface area contributed by atoms with Crippen LogP contribution < -0.4 is 0 Å². The van der Waals surface area contributed by atoms with E-state index in [1.807, 2.05) is 13.1 Å². The van der Waals surface area contributed by atoms with E-state index in [1.165, 1.54) is 0 Å². The minimum absolute atomic E-state index is 0.354. The zero-order valence-corrected chi connectivity index (χ0v) is 24.3. The number of carbonyl (C=O) groups excluding carboxylic acids is 1. The summed E-state index contributed by atoms with van der Waals surface area (Å²) in [4.78, 5) is 12.5. The second kappa shape index (κ2) is 10.3. The summed E-state index contributed by atoms with van der Waals surface area (Å²) < 4.78 is 25.8. The van der Waals surface area contributed by atoms with Gasteiger partial charge in [0, 0.05) is 17.7 Å². The van der Waals surface area contributed by atoms with Gasteiger partial charge in [0.25, 0.3) is 0 Å². The fourth-order valence-electron chi connectivity index (χ4n) is 3.59. The van der Waals surface area contributed by atoms with E-state index < -0.39 is 34.0 Å². The Morgan fingerprint density at radius 3 is 1.50 bits per heavy atom. The number of hydrogen-bond donors (Lipinski definition) is 0. The minimum atomic E-state index is -2.84. The zero-order chi connectivity index (χ0) is 22.6. The van der Waals surface area contributed by atoms with Gasteiger partial charge in [0.15, 0.2) is 8.32 Å². The van der Waals surface area contributed by atoms with E-state index in [0.717, 1.165) is 12.1 Å². The van der Waals surface area contributed by atoms with Crippen molar-refractivity contribution in [2.45, 2.75) is 92.5 Å². The van der Waals surface area contributed by atoms with Gasteiger partial charge in [-0.05, 0) is 64.6 Å². The number of hydrogen-bond acceptors (Lipinski definition) is 5. The highest BCUT2D eigenvalue weighted by Crippen LogP contribution is 2.33. The van der Waals surface area contributed by atoms with Crippen molar-refractivity contribution >= 4 is 40.0 Å². The van der Waals surface area contributed by atoms with E-state index in [-0.39, 0.29) is 5.97 Å². The Morgan fingerprint density at radius 1 is 0.786 bits per heavy atom. The van der Waals surface area contributed by atoms with Gasteiger partial charge < -0.3 is 16.8 Å². The van der Waals surface area contributed by atoms with Gasteiger partial charge in [0.05, 0.1) is 0 Å². The molecule has 0 amide bonds. The Hall–Kier alpha value is -0.0425. The van der Waals surface area contributed by atoms with Gasteiger partial charge in [-0.2, -0.15) is 0 Å². The molecule has 0 rings (SSSR count). The molecule has 0 aliphatic rings. The standard InChI is InChI=1S/C19H44O5Si4/c1-16(2)14-28(15-17(3)4,21-19(20)18(5)6)24-27(12,13)23-26(10,11)22-25(7,8)9/h16-17H,5,14-15H2,1-4,6-13H3. The summed E-state index contributed by atoms with van der Waals surface area (Å²) in [6.45, 7) is 28.8. The highest BCUT2D eigenvalue weighted by Gasteiger charge is 2.50. The fraction of sp³-hybridized carbons (Fsp3) is 0.842. The van der Waals surface area contributed by atoms with Gasteiger partial charge in [0.2, 0.25) is 0 Å². The predicted molar refractivity (Wildman–Crippen MR) is 128 cm³/mol.